The highest BCUT2D eigenvalue weighted by molar-refractivity contribution is 6.39. The van der Waals surface area contributed by atoms with E-state index in [1.807, 2.05) is 6.92 Å². The van der Waals surface area contributed by atoms with E-state index in [1.54, 1.807) is 0 Å². The first kappa shape index (κ1) is 18.0. The van der Waals surface area contributed by atoms with E-state index in [4.69, 9.17) is 4.74 Å². The van der Waals surface area contributed by atoms with Gasteiger partial charge in [-0.2, -0.15) is 0 Å². The van der Waals surface area contributed by atoms with Crippen molar-refractivity contribution in [1.29, 1.82) is 0 Å². The molecule has 7 heteroatoms. The van der Waals surface area contributed by atoms with Crippen LogP contribution < -0.4 is 10.6 Å². The number of unbranched alkanes of at least 4 members (excludes halogenated alkanes) is 1. The summed E-state index contributed by atoms with van der Waals surface area (Å²) in [6, 6.07) is 2.25. The van der Waals surface area contributed by atoms with Gasteiger partial charge in [0.15, 0.2) is 0 Å². The van der Waals surface area contributed by atoms with Gasteiger partial charge in [0.05, 0.1) is 12.6 Å². The van der Waals surface area contributed by atoms with E-state index >= 15 is 0 Å². The standard InChI is InChI=1S/C15H20F2N2O3/c1-3-4-5-12(9-22-2)18-14(20)15(21)19-13-7-10(16)6-11(17)8-13/h6-8,12H,3-5,9H2,1-2H3,(H,18,20)(H,19,21)/t12-/m1/s1. The average Bonchev–Trinajstić information content (AvgIpc) is 2.43. The van der Waals surface area contributed by atoms with Crippen molar-refractivity contribution >= 4 is 17.5 Å². The average molecular weight is 314 g/mol. The van der Waals surface area contributed by atoms with Gasteiger partial charge in [-0.3, -0.25) is 9.59 Å². The Labute approximate surface area is 128 Å². The van der Waals surface area contributed by atoms with Gasteiger partial charge in [-0.1, -0.05) is 19.8 Å². The van der Waals surface area contributed by atoms with Crippen molar-refractivity contribution in [3.63, 3.8) is 0 Å². The first-order chi connectivity index (χ1) is 10.5. The third kappa shape index (κ3) is 6.17. The SMILES string of the molecule is CCCC[C@H](COC)NC(=O)C(=O)Nc1cc(F)cc(F)c1. The maximum atomic E-state index is 13.0. The zero-order valence-corrected chi connectivity index (χ0v) is 12.6. The summed E-state index contributed by atoms with van der Waals surface area (Å²) >= 11 is 0. The van der Waals surface area contributed by atoms with Crippen molar-refractivity contribution in [2.45, 2.75) is 32.2 Å². The minimum atomic E-state index is -0.984. The molecular weight excluding hydrogens is 294 g/mol. The second-order valence-corrected chi connectivity index (χ2v) is 4.88. The number of ether oxygens (including phenoxy) is 1. The molecule has 1 aromatic carbocycles. The molecule has 0 radical (unpaired) electrons. The molecule has 2 N–H and O–H groups in total. The number of hydrogen-bond acceptors (Lipinski definition) is 3. The summed E-state index contributed by atoms with van der Waals surface area (Å²) in [5, 5.41) is 4.69. The molecule has 0 saturated heterocycles. The lowest BCUT2D eigenvalue weighted by Gasteiger charge is -2.17. The fourth-order valence-corrected chi connectivity index (χ4v) is 1.91. The van der Waals surface area contributed by atoms with Gasteiger partial charge in [0.1, 0.15) is 11.6 Å². The number of carbonyl (C=O) groups is 2. The maximum absolute atomic E-state index is 13.0. The Morgan fingerprint density at radius 3 is 2.36 bits per heavy atom. The fourth-order valence-electron chi connectivity index (χ4n) is 1.91. The first-order valence-electron chi connectivity index (χ1n) is 7.03. The Morgan fingerprint density at radius 2 is 1.82 bits per heavy atom. The molecule has 0 bridgehead atoms. The lowest BCUT2D eigenvalue weighted by Crippen LogP contribution is -2.43. The van der Waals surface area contributed by atoms with Crippen molar-refractivity contribution in [3.05, 3.63) is 29.8 Å². The Balaban J connectivity index is 2.61. The highest BCUT2D eigenvalue weighted by atomic mass is 19.1. The van der Waals surface area contributed by atoms with E-state index in [0.717, 1.165) is 25.0 Å². The largest absolute Gasteiger partial charge is 0.383 e. The van der Waals surface area contributed by atoms with Crippen LogP contribution in [0.3, 0.4) is 0 Å². The quantitative estimate of drug-likeness (QED) is 0.758. The molecule has 2 amide bonds. The van der Waals surface area contributed by atoms with Gasteiger partial charge in [0.2, 0.25) is 0 Å². The minimum absolute atomic E-state index is 0.116. The zero-order chi connectivity index (χ0) is 16.5. The van der Waals surface area contributed by atoms with Gasteiger partial charge in [0, 0.05) is 18.9 Å². The van der Waals surface area contributed by atoms with Crippen molar-refractivity contribution in [3.8, 4) is 0 Å². The smallest absolute Gasteiger partial charge is 0.313 e. The van der Waals surface area contributed by atoms with E-state index in [1.165, 1.54) is 7.11 Å². The summed E-state index contributed by atoms with van der Waals surface area (Å²) < 4.78 is 31.0. The molecule has 122 valence electrons. The summed E-state index contributed by atoms with van der Waals surface area (Å²) in [6.45, 7) is 2.30. The minimum Gasteiger partial charge on any atom is -0.383 e. The number of carbonyl (C=O) groups excluding carboxylic acids is 2. The van der Waals surface area contributed by atoms with Gasteiger partial charge in [-0.05, 0) is 18.6 Å². The van der Waals surface area contributed by atoms with Crippen LogP contribution in [0.5, 0.6) is 0 Å². The van der Waals surface area contributed by atoms with Gasteiger partial charge < -0.3 is 15.4 Å². The molecule has 22 heavy (non-hydrogen) atoms. The summed E-state index contributed by atoms with van der Waals surface area (Å²) in [4.78, 5) is 23.5. The monoisotopic (exact) mass is 314 g/mol. The van der Waals surface area contributed by atoms with Crippen LogP contribution in [0.25, 0.3) is 0 Å². The number of anilines is 1. The molecule has 0 spiro atoms. The third-order valence-corrected chi connectivity index (χ3v) is 2.94. The molecule has 0 aliphatic heterocycles. The van der Waals surface area contributed by atoms with Gasteiger partial charge in [0.25, 0.3) is 0 Å². The molecule has 1 atom stereocenters. The molecule has 0 unspecified atom stereocenters. The molecule has 0 aromatic heterocycles. The number of rotatable bonds is 7. The fraction of sp³-hybridized carbons (Fsp3) is 0.467. The molecular formula is C15H20F2N2O3. The lowest BCUT2D eigenvalue weighted by atomic mass is 10.1. The Morgan fingerprint density at radius 1 is 1.18 bits per heavy atom. The number of amides is 2. The van der Waals surface area contributed by atoms with E-state index in [-0.39, 0.29) is 18.3 Å². The van der Waals surface area contributed by atoms with Gasteiger partial charge in [-0.15, -0.1) is 0 Å². The first-order valence-corrected chi connectivity index (χ1v) is 7.03. The normalized spacial score (nSPS) is 11.8. The number of benzene rings is 1. The van der Waals surface area contributed by atoms with E-state index in [2.05, 4.69) is 10.6 Å². The number of nitrogens with one attached hydrogen (secondary N) is 2. The number of methoxy groups -OCH3 is 1. The van der Waals surface area contributed by atoms with Crippen LogP contribution in [-0.4, -0.2) is 31.6 Å². The summed E-state index contributed by atoms with van der Waals surface area (Å²) in [5.41, 5.74) is -0.116. The molecule has 0 aliphatic rings. The summed E-state index contributed by atoms with van der Waals surface area (Å²) in [7, 11) is 1.50. The number of hydrogen-bond donors (Lipinski definition) is 2. The van der Waals surface area contributed by atoms with Crippen molar-refractivity contribution in [2.24, 2.45) is 0 Å². The van der Waals surface area contributed by atoms with Crippen LogP contribution in [0, 0.1) is 11.6 Å². The number of halogens is 2. The molecule has 5 nitrogen and oxygen atoms in total. The molecule has 0 aliphatic carbocycles. The predicted octanol–water partition coefficient (Wildman–Crippen LogP) is 2.22. The van der Waals surface area contributed by atoms with Crippen LogP contribution in [0.4, 0.5) is 14.5 Å². The third-order valence-electron chi connectivity index (χ3n) is 2.94. The molecule has 1 aromatic rings. The Hall–Kier alpha value is -2.02. The highest BCUT2D eigenvalue weighted by Gasteiger charge is 2.19. The van der Waals surface area contributed by atoms with Crippen LogP contribution in [0.2, 0.25) is 0 Å². The Bertz CT molecular complexity index is 503. The Kier molecular flexibility index (Phi) is 7.45. The van der Waals surface area contributed by atoms with E-state index in [9.17, 15) is 18.4 Å². The summed E-state index contributed by atoms with van der Waals surface area (Å²) in [6.07, 6.45) is 2.51. The maximum Gasteiger partial charge on any atom is 0.313 e. The molecule has 0 saturated carbocycles. The van der Waals surface area contributed by atoms with Crippen LogP contribution in [-0.2, 0) is 14.3 Å². The lowest BCUT2D eigenvalue weighted by molar-refractivity contribution is -0.136. The van der Waals surface area contributed by atoms with Crippen molar-refractivity contribution in [1.82, 2.24) is 5.32 Å². The van der Waals surface area contributed by atoms with Crippen molar-refractivity contribution < 1.29 is 23.1 Å². The second-order valence-electron chi connectivity index (χ2n) is 4.88. The molecule has 0 heterocycles. The van der Waals surface area contributed by atoms with Crippen molar-refractivity contribution in [2.75, 3.05) is 19.0 Å². The van der Waals surface area contributed by atoms with Crippen LogP contribution in [0.15, 0.2) is 18.2 Å². The second kappa shape index (κ2) is 9.09. The molecule has 1 rings (SSSR count). The molecule has 0 fully saturated rings. The predicted molar refractivity (Wildman–Crippen MR) is 78.3 cm³/mol. The van der Waals surface area contributed by atoms with Gasteiger partial charge >= 0.3 is 11.8 Å². The van der Waals surface area contributed by atoms with Crippen LogP contribution in [0.1, 0.15) is 26.2 Å². The summed E-state index contributed by atoms with van der Waals surface area (Å²) in [5.74, 6) is -3.53. The topological polar surface area (TPSA) is 67.4 Å². The zero-order valence-electron chi connectivity index (χ0n) is 12.6. The van der Waals surface area contributed by atoms with Gasteiger partial charge in [-0.25, -0.2) is 8.78 Å². The highest BCUT2D eigenvalue weighted by Crippen LogP contribution is 2.12. The van der Waals surface area contributed by atoms with Crippen LogP contribution >= 0.6 is 0 Å². The van der Waals surface area contributed by atoms with E-state index < -0.39 is 23.4 Å². The van der Waals surface area contributed by atoms with E-state index in [0.29, 0.717) is 12.5 Å².